The molecule has 1 saturated carbocycles. The maximum atomic E-state index is 13.6. The van der Waals surface area contributed by atoms with E-state index in [1.807, 2.05) is 27.7 Å². The standard InChI is InChI=1S/C27H38BrN3O2/c1-20(2)27(33)30(21(3)4)19-26(32)31(24-9-6-5-7-10-24)18-25-11-8-16-29(25)17-22-12-14-23(28)15-13-22/h8,11-16,20-21,24H,5-7,9-10,17-19H2,1-4H3. The van der Waals surface area contributed by atoms with Gasteiger partial charge in [0.25, 0.3) is 0 Å². The molecule has 3 rings (SSSR count). The van der Waals surface area contributed by atoms with Gasteiger partial charge in [0.2, 0.25) is 11.8 Å². The van der Waals surface area contributed by atoms with Gasteiger partial charge < -0.3 is 14.4 Å². The summed E-state index contributed by atoms with van der Waals surface area (Å²) in [4.78, 5) is 30.2. The first-order valence-electron chi connectivity index (χ1n) is 12.2. The first kappa shape index (κ1) is 25.5. The van der Waals surface area contributed by atoms with Crippen LogP contribution in [0.1, 0.15) is 71.1 Å². The fourth-order valence-electron chi connectivity index (χ4n) is 4.61. The van der Waals surface area contributed by atoms with Gasteiger partial charge in [-0.2, -0.15) is 0 Å². The van der Waals surface area contributed by atoms with Crippen LogP contribution in [0.25, 0.3) is 0 Å². The zero-order valence-electron chi connectivity index (χ0n) is 20.5. The number of benzene rings is 1. The largest absolute Gasteiger partial charge is 0.345 e. The molecule has 0 saturated heterocycles. The molecule has 2 aromatic rings. The molecule has 0 atom stereocenters. The van der Waals surface area contributed by atoms with Gasteiger partial charge in [-0.1, -0.05) is 61.2 Å². The summed E-state index contributed by atoms with van der Waals surface area (Å²) in [5, 5.41) is 0. The number of halogens is 1. The number of hydrogen-bond donors (Lipinski definition) is 0. The van der Waals surface area contributed by atoms with Crippen molar-refractivity contribution in [2.75, 3.05) is 6.54 Å². The molecule has 1 aromatic heterocycles. The third-order valence-corrected chi connectivity index (χ3v) is 7.09. The Balaban J connectivity index is 1.80. The molecule has 0 N–H and O–H groups in total. The molecule has 0 bridgehead atoms. The van der Waals surface area contributed by atoms with Gasteiger partial charge >= 0.3 is 0 Å². The predicted molar refractivity (Wildman–Crippen MR) is 137 cm³/mol. The summed E-state index contributed by atoms with van der Waals surface area (Å²) < 4.78 is 3.30. The lowest BCUT2D eigenvalue weighted by Crippen LogP contribution is -2.50. The second-order valence-electron chi connectivity index (χ2n) is 9.78. The van der Waals surface area contributed by atoms with Gasteiger partial charge in [-0.3, -0.25) is 9.59 Å². The molecular formula is C27H38BrN3O2. The molecule has 33 heavy (non-hydrogen) atoms. The fourth-order valence-corrected chi connectivity index (χ4v) is 4.87. The second-order valence-corrected chi connectivity index (χ2v) is 10.7. The van der Waals surface area contributed by atoms with Gasteiger partial charge in [-0.25, -0.2) is 0 Å². The van der Waals surface area contributed by atoms with E-state index in [9.17, 15) is 9.59 Å². The molecule has 5 nitrogen and oxygen atoms in total. The molecule has 6 heteroatoms. The number of amides is 2. The minimum Gasteiger partial charge on any atom is -0.345 e. The average Bonchev–Trinajstić information content (AvgIpc) is 3.23. The summed E-state index contributed by atoms with van der Waals surface area (Å²) >= 11 is 3.50. The number of carbonyl (C=O) groups excluding carboxylic acids is 2. The Morgan fingerprint density at radius 2 is 1.70 bits per heavy atom. The van der Waals surface area contributed by atoms with Crippen molar-refractivity contribution >= 4 is 27.7 Å². The van der Waals surface area contributed by atoms with E-state index in [1.165, 1.54) is 12.0 Å². The number of hydrogen-bond acceptors (Lipinski definition) is 2. The summed E-state index contributed by atoms with van der Waals surface area (Å²) in [6, 6.07) is 12.8. The van der Waals surface area contributed by atoms with Crippen molar-refractivity contribution in [3.8, 4) is 0 Å². The van der Waals surface area contributed by atoms with Crippen molar-refractivity contribution < 1.29 is 9.59 Å². The van der Waals surface area contributed by atoms with Gasteiger partial charge in [0, 0.05) is 40.9 Å². The lowest BCUT2D eigenvalue weighted by Gasteiger charge is -2.37. The molecule has 0 spiro atoms. The first-order valence-corrected chi connectivity index (χ1v) is 13.0. The number of nitrogens with zero attached hydrogens (tertiary/aromatic N) is 3. The van der Waals surface area contributed by atoms with Crippen LogP contribution in [0.3, 0.4) is 0 Å². The van der Waals surface area contributed by atoms with E-state index in [0.29, 0.717) is 6.54 Å². The lowest BCUT2D eigenvalue weighted by atomic mass is 9.94. The van der Waals surface area contributed by atoms with Crippen molar-refractivity contribution in [1.82, 2.24) is 14.4 Å². The summed E-state index contributed by atoms with van der Waals surface area (Å²) in [7, 11) is 0. The molecule has 2 amide bonds. The van der Waals surface area contributed by atoms with Crippen molar-refractivity contribution in [2.24, 2.45) is 5.92 Å². The minimum absolute atomic E-state index is 0.00155. The Morgan fingerprint density at radius 1 is 1.03 bits per heavy atom. The Hall–Kier alpha value is -2.08. The van der Waals surface area contributed by atoms with Crippen molar-refractivity contribution in [2.45, 2.75) is 85.0 Å². The normalized spacial score (nSPS) is 14.6. The molecule has 1 aliphatic rings. The summed E-state index contributed by atoms with van der Waals surface area (Å²) in [5.41, 5.74) is 2.35. The molecule has 1 aliphatic carbocycles. The van der Waals surface area contributed by atoms with Crippen molar-refractivity contribution in [3.63, 3.8) is 0 Å². The highest BCUT2D eigenvalue weighted by Gasteiger charge is 2.30. The molecule has 1 aromatic carbocycles. The minimum atomic E-state index is -0.119. The van der Waals surface area contributed by atoms with Crippen LogP contribution in [0, 0.1) is 5.92 Å². The highest BCUT2D eigenvalue weighted by atomic mass is 79.9. The van der Waals surface area contributed by atoms with Crippen molar-refractivity contribution in [1.29, 1.82) is 0 Å². The lowest BCUT2D eigenvalue weighted by molar-refractivity contribution is -0.145. The van der Waals surface area contributed by atoms with Gasteiger partial charge in [-0.05, 0) is 56.5 Å². The SMILES string of the molecule is CC(C)C(=O)N(CC(=O)N(Cc1cccn1Cc1ccc(Br)cc1)C1CCCCC1)C(C)C. The van der Waals surface area contributed by atoms with Crippen LogP contribution in [-0.2, 0) is 22.7 Å². The monoisotopic (exact) mass is 515 g/mol. The Labute approximate surface area is 207 Å². The van der Waals surface area contributed by atoms with E-state index in [2.05, 4.69) is 68.0 Å². The van der Waals surface area contributed by atoms with E-state index < -0.39 is 0 Å². The van der Waals surface area contributed by atoms with Crippen LogP contribution < -0.4 is 0 Å². The van der Waals surface area contributed by atoms with Gasteiger partial charge in [0.1, 0.15) is 6.54 Å². The second kappa shape index (κ2) is 11.9. The molecule has 0 unspecified atom stereocenters. The van der Waals surface area contributed by atoms with Crippen LogP contribution in [0.2, 0.25) is 0 Å². The smallest absolute Gasteiger partial charge is 0.242 e. The highest BCUT2D eigenvalue weighted by molar-refractivity contribution is 9.10. The summed E-state index contributed by atoms with van der Waals surface area (Å²) in [6.45, 7) is 9.27. The molecular weight excluding hydrogens is 478 g/mol. The molecule has 0 aliphatic heterocycles. The number of carbonyl (C=O) groups is 2. The third-order valence-electron chi connectivity index (χ3n) is 6.56. The molecule has 0 radical (unpaired) electrons. The Kier molecular flexibility index (Phi) is 9.19. The van der Waals surface area contributed by atoms with E-state index in [1.54, 1.807) is 4.90 Å². The summed E-state index contributed by atoms with van der Waals surface area (Å²) in [5.74, 6) is -0.0204. The van der Waals surface area contributed by atoms with Gasteiger partial charge in [0.05, 0.1) is 6.54 Å². The van der Waals surface area contributed by atoms with E-state index in [4.69, 9.17) is 0 Å². The van der Waals surface area contributed by atoms with Gasteiger partial charge in [0.15, 0.2) is 0 Å². The van der Waals surface area contributed by atoms with E-state index in [0.717, 1.165) is 42.4 Å². The Bertz CT molecular complexity index is 914. The predicted octanol–water partition coefficient (Wildman–Crippen LogP) is 5.85. The van der Waals surface area contributed by atoms with E-state index in [-0.39, 0.29) is 36.4 Å². The third kappa shape index (κ3) is 6.95. The van der Waals surface area contributed by atoms with Gasteiger partial charge in [-0.15, -0.1) is 0 Å². The maximum Gasteiger partial charge on any atom is 0.242 e. The van der Waals surface area contributed by atoms with Crippen LogP contribution >= 0.6 is 15.9 Å². The number of aromatic nitrogens is 1. The highest BCUT2D eigenvalue weighted by Crippen LogP contribution is 2.25. The quantitative estimate of drug-likeness (QED) is 0.420. The zero-order chi connectivity index (χ0) is 24.0. The number of rotatable bonds is 9. The van der Waals surface area contributed by atoms with Crippen LogP contribution in [0.4, 0.5) is 0 Å². The van der Waals surface area contributed by atoms with Crippen LogP contribution in [-0.4, -0.2) is 44.8 Å². The summed E-state index contributed by atoms with van der Waals surface area (Å²) in [6.07, 6.45) is 7.73. The zero-order valence-corrected chi connectivity index (χ0v) is 22.1. The molecule has 1 heterocycles. The average molecular weight is 517 g/mol. The molecule has 180 valence electrons. The molecule has 1 fully saturated rings. The first-order chi connectivity index (χ1) is 15.8. The van der Waals surface area contributed by atoms with Crippen LogP contribution in [0.5, 0.6) is 0 Å². The maximum absolute atomic E-state index is 13.6. The van der Waals surface area contributed by atoms with E-state index >= 15 is 0 Å². The topological polar surface area (TPSA) is 45.6 Å². The Morgan fingerprint density at radius 3 is 2.30 bits per heavy atom. The van der Waals surface area contributed by atoms with Crippen LogP contribution in [0.15, 0.2) is 47.1 Å². The fraction of sp³-hybridized carbons (Fsp3) is 0.556. The van der Waals surface area contributed by atoms with Crippen molar-refractivity contribution in [3.05, 3.63) is 58.3 Å².